The molecule has 0 radical (unpaired) electrons. The van der Waals surface area contributed by atoms with E-state index >= 15 is 0 Å². The van der Waals surface area contributed by atoms with Crippen LogP contribution in [0.5, 0.6) is 0 Å². The Balaban J connectivity index is 2.10. The standard InChI is InChI=1S/C20H30N2O4/c1-5-6-7-17-14-21(16-10-8-15(9-11-16)18(23)24)12-13-22(17)19(25)26-20(2,3)4/h8-11,17H,5-7,12-14H2,1-4H3,(H,23,24)/t17-/m1/s1. The Morgan fingerprint density at radius 1 is 1.19 bits per heavy atom. The first-order chi connectivity index (χ1) is 12.2. The molecule has 1 aromatic rings. The molecule has 1 heterocycles. The van der Waals surface area contributed by atoms with E-state index in [0.717, 1.165) is 31.5 Å². The second-order valence-electron chi connectivity index (χ2n) is 7.77. The first kappa shape index (κ1) is 20.1. The molecular weight excluding hydrogens is 332 g/mol. The highest BCUT2D eigenvalue weighted by Gasteiger charge is 2.33. The van der Waals surface area contributed by atoms with Gasteiger partial charge in [0, 0.05) is 25.3 Å². The van der Waals surface area contributed by atoms with Gasteiger partial charge in [0.15, 0.2) is 0 Å². The predicted octanol–water partition coefficient (Wildman–Crippen LogP) is 4.00. The number of amides is 1. The van der Waals surface area contributed by atoms with Gasteiger partial charge in [-0.2, -0.15) is 0 Å². The molecule has 0 aromatic heterocycles. The lowest BCUT2D eigenvalue weighted by molar-refractivity contribution is 0.0129. The maximum absolute atomic E-state index is 12.6. The second-order valence-corrected chi connectivity index (χ2v) is 7.77. The Bertz CT molecular complexity index is 622. The quantitative estimate of drug-likeness (QED) is 0.857. The van der Waals surface area contributed by atoms with Gasteiger partial charge < -0.3 is 19.6 Å². The van der Waals surface area contributed by atoms with Crippen LogP contribution in [0.3, 0.4) is 0 Å². The Kier molecular flexibility index (Phi) is 6.51. The first-order valence-electron chi connectivity index (χ1n) is 9.29. The van der Waals surface area contributed by atoms with Gasteiger partial charge in [0.25, 0.3) is 0 Å². The third-order valence-corrected chi connectivity index (χ3v) is 4.48. The molecule has 0 bridgehead atoms. The molecule has 6 heteroatoms. The number of carbonyl (C=O) groups excluding carboxylic acids is 1. The minimum atomic E-state index is -0.924. The summed E-state index contributed by atoms with van der Waals surface area (Å²) in [6.45, 7) is 9.82. The SMILES string of the molecule is CCCC[C@@H]1CN(c2ccc(C(=O)O)cc2)CCN1C(=O)OC(C)(C)C. The minimum absolute atomic E-state index is 0.0951. The van der Waals surface area contributed by atoms with Gasteiger partial charge in [-0.25, -0.2) is 9.59 Å². The highest BCUT2D eigenvalue weighted by molar-refractivity contribution is 5.88. The molecule has 144 valence electrons. The normalized spacial score (nSPS) is 17.9. The van der Waals surface area contributed by atoms with E-state index in [1.807, 2.05) is 37.8 Å². The van der Waals surface area contributed by atoms with Gasteiger partial charge in [0.1, 0.15) is 5.60 Å². The number of carboxylic acids is 1. The van der Waals surface area contributed by atoms with Crippen molar-refractivity contribution in [2.24, 2.45) is 0 Å². The maximum Gasteiger partial charge on any atom is 0.410 e. The van der Waals surface area contributed by atoms with Crippen LogP contribution in [0.25, 0.3) is 0 Å². The van der Waals surface area contributed by atoms with Crippen LogP contribution >= 0.6 is 0 Å². The summed E-state index contributed by atoms with van der Waals surface area (Å²) in [5, 5.41) is 9.04. The van der Waals surface area contributed by atoms with E-state index in [0.29, 0.717) is 13.1 Å². The van der Waals surface area contributed by atoms with Crippen molar-refractivity contribution in [3.63, 3.8) is 0 Å². The van der Waals surface area contributed by atoms with Crippen molar-refractivity contribution < 1.29 is 19.4 Å². The molecule has 1 aromatic carbocycles. The minimum Gasteiger partial charge on any atom is -0.478 e. The molecule has 0 saturated carbocycles. The lowest BCUT2D eigenvalue weighted by atomic mass is 10.0. The van der Waals surface area contributed by atoms with Gasteiger partial charge >= 0.3 is 12.1 Å². The molecule has 26 heavy (non-hydrogen) atoms. The van der Waals surface area contributed by atoms with Crippen LogP contribution in [-0.2, 0) is 4.74 Å². The molecule has 1 aliphatic heterocycles. The monoisotopic (exact) mass is 362 g/mol. The molecular formula is C20H30N2O4. The fourth-order valence-corrected chi connectivity index (χ4v) is 3.15. The van der Waals surface area contributed by atoms with Crippen molar-refractivity contribution in [2.75, 3.05) is 24.5 Å². The Labute approximate surface area is 155 Å². The summed E-state index contributed by atoms with van der Waals surface area (Å²) in [5.41, 5.74) is 0.764. The number of ether oxygens (including phenoxy) is 1. The van der Waals surface area contributed by atoms with Gasteiger partial charge in [0.05, 0.1) is 11.6 Å². The molecule has 1 fully saturated rings. The molecule has 0 spiro atoms. The van der Waals surface area contributed by atoms with Crippen LogP contribution in [0.15, 0.2) is 24.3 Å². The highest BCUT2D eigenvalue weighted by atomic mass is 16.6. The number of aromatic carboxylic acids is 1. The zero-order chi connectivity index (χ0) is 19.3. The van der Waals surface area contributed by atoms with Crippen molar-refractivity contribution in [2.45, 2.75) is 58.6 Å². The zero-order valence-corrected chi connectivity index (χ0v) is 16.2. The molecule has 1 N–H and O–H groups in total. The van der Waals surface area contributed by atoms with Crippen LogP contribution in [-0.4, -0.2) is 53.3 Å². The Hall–Kier alpha value is -2.24. The molecule has 1 amide bonds. The number of carbonyl (C=O) groups is 2. The van der Waals surface area contributed by atoms with Gasteiger partial charge in [-0.3, -0.25) is 0 Å². The zero-order valence-electron chi connectivity index (χ0n) is 16.2. The van der Waals surface area contributed by atoms with Gasteiger partial charge in [-0.05, 0) is 51.5 Å². The smallest absolute Gasteiger partial charge is 0.410 e. The number of hydrogen-bond donors (Lipinski definition) is 1. The Morgan fingerprint density at radius 3 is 2.38 bits per heavy atom. The molecule has 1 saturated heterocycles. The van der Waals surface area contributed by atoms with E-state index < -0.39 is 11.6 Å². The molecule has 1 atom stereocenters. The largest absolute Gasteiger partial charge is 0.478 e. The highest BCUT2D eigenvalue weighted by Crippen LogP contribution is 2.24. The van der Waals surface area contributed by atoms with E-state index in [1.54, 1.807) is 12.1 Å². The third kappa shape index (κ3) is 5.38. The number of carboxylic acid groups (broad SMARTS) is 1. The fourth-order valence-electron chi connectivity index (χ4n) is 3.15. The number of benzene rings is 1. The van der Waals surface area contributed by atoms with E-state index in [4.69, 9.17) is 9.84 Å². The topological polar surface area (TPSA) is 70.1 Å². The van der Waals surface area contributed by atoms with Crippen molar-refractivity contribution >= 4 is 17.7 Å². The van der Waals surface area contributed by atoms with Crippen molar-refractivity contribution in [1.82, 2.24) is 4.90 Å². The van der Waals surface area contributed by atoms with Crippen molar-refractivity contribution in [3.8, 4) is 0 Å². The van der Waals surface area contributed by atoms with E-state index in [9.17, 15) is 9.59 Å². The molecule has 6 nitrogen and oxygen atoms in total. The summed E-state index contributed by atoms with van der Waals surface area (Å²) < 4.78 is 5.57. The Morgan fingerprint density at radius 2 is 1.85 bits per heavy atom. The summed E-state index contributed by atoms with van der Waals surface area (Å²) in [5.74, 6) is -0.924. The summed E-state index contributed by atoms with van der Waals surface area (Å²) in [7, 11) is 0. The number of rotatable bonds is 5. The molecule has 0 aliphatic carbocycles. The van der Waals surface area contributed by atoms with E-state index in [-0.39, 0.29) is 17.7 Å². The summed E-state index contributed by atoms with van der Waals surface area (Å²) in [6.07, 6.45) is 2.81. The predicted molar refractivity (Wildman–Crippen MR) is 102 cm³/mol. The van der Waals surface area contributed by atoms with Crippen LogP contribution in [0, 0.1) is 0 Å². The summed E-state index contributed by atoms with van der Waals surface area (Å²) in [6, 6.07) is 7.02. The maximum atomic E-state index is 12.6. The third-order valence-electron chi connectivity index (χ3n) is 4.48. The van der Waals surface area contributed by atoms with Crippen LogP contribution in [0.2, 0.25) is 0 Å². The summed E-state index contributed by atoms with van der Waals surface area (Å²) in [4.78, 5) is 27.7. The van der Waals surface area contributed by atoms with Gasteiger partial charge in [-0.15, -0.1) is 0 Å². The average Bonchev–Trinajstić information content (AvgIpc) is 2.58. The fraction of sp³-hybridized carbons (Fsp3) is 0.600. The number of nitrogens with zero attached hydrogens (tertiary/aromatic N) is 2. The van der Waals surface area contributed by atoms with E-state index in [2.05, 4.69) is 11.8 Å². The summed E-state index contributed by atoms with van der Waals surface area (Å²) >= 11 is 0. The number of anilines is 1. The lowest BCUT2D eigenvalue weighted by Crippen LogP contribution is -2.56. The lowest BCUT2D eigenvalue weighted by Gasteiger charge is -2.42. The van der Waals surface area contributed by atoms with E-state index in [1.165, 1.54) is 0 Å². The number of unbranched alkanes of at least 4 members (excludes halogenated alkanes) is 1. The first-order valence-corrected chi connectivity index (χ1v) is 9.29. The molecule has 1 aliphatic rings. The van der Waals surface area contributed by atoms with Gasteiger partial charge in [-0.1, -0.05) is 19.8 Å². The van der Waals surface area contributed by atoms with Crippen LogP contribution in [0.4, 0.5) is 10.5 Å². The van der Waals surface area contributed by atoms with Crippen molar-refractivity contribution in [3.05, 3.63) is 29.8 Å². The van der Waals surface area contributed by atoms with Gasteiger partial charge in [0.2, 0.25) is 0 Å². The molecule has 0 unspecified atom stereocenters. The van der Waals surface area contributed by atoms with Crippen LogP contribution in [0.1, 0.15) is 57.3 Å². The van der Waals surface area contributed by atoms with Crippen LogP contribution < -0.4 is 4.90 Å². The van der Waals surface area contributed by atoms with Crippen molar-refractivity contribution in [1.29, 1.82) is 0 Å². The number of piperazine rings is 1. The number of hydrogen-bond acceptors (Lipinski definition) is 4. The average molecular weight is 362 g/mol. The molecule has 2 rings (SSSR count). The second kappa shape index (κ2) is 8.43.